The molecule has 0 aliphatic heterocycles. The molecule has 346 valence electrons. The average molecular weight is 948 g/mol. The lowest BCUT2D eigenvalue weighted by Crippen LogP contribution is -2.01. The van der Waals surface area contributed by atoms with E-state index in [9.17, 15) is 0 Å². The maximum atomic E-state index is 7.55. The molecular formula is C66H41N7O. The molecule has 0 amide bonds. The summed E-state index contributed by atoms with van der Waals surface area (Å²) >= 11 is 0. The molecule has 0 radical (unpaired) electrons. The molecule has 0 unspecified atom stereocenters. The van der Waals surface area contributed by atoms with E-state index in [0.717, 1.165) is 105 Å². The van der Waals surface area contributed by atoms with Crippen molar-refractivity contribution < 1.29 is 4.42 Å². The van der Waals surface area contributed by atoms with Crippen LogP contribution in [0.4, 0.5) is 0 Å². The second kappa shape index (κ2) is 17.9. The van der Waals surface area contributed by atoms with E-state index in [2.05, 4.69) is 120 Å². The second-order valence-corrected chi connectivity index (χ2v) is 18.2. The Labute approximate surface area is 425 Å². The van der Waals surface area contributed by atoms with Gasteiger partial charge in [0.25, 0.3) is 0 Å². The van der Waals surface area contributed by atoms with Gasteiger partial charge in [-0.1, -0.05) is 224 Å². The highest BCUT2D eigenvalue weighted by Gasteiger charge is 2.27. The van der Waals surface area contributed by atoms with Crippen LogP contribution in [0.15, 0.2) is 253 Å². The molecule has 74 heavy (non-hydrogen) atoms. The lowest BCUT2D eigenvalue weighted by molar-refractivity contribution is 0.671. The van der Waals surface area contributed by atoms with Gasteiger partial charge in [0, 0.05) is 66.4 Å². The van der Waals surface area contributed by atoms with E-state index in [4.69, 9.17) is 34.3 Å². The lowest BCUT2D eigenvalue weighted by Gasteiger charge is -2.13. The van der Waals surface area contributed by atoms with Crippen molar-refractivity contribution >= 4 is 43.7 Å². The molecule has 0 bridgehead atoms. The van der Waals surface area contributed by atoms with Crippen molar-refractivity contribution in [3.8, 4) is 96.3 Å². The van der Waals surface area contributed by atoms with Crippen molar-refractivity contribution in [2.75, 3.05) is 0 Å². The summed E-state index contributed by atoms with van der Waals surface area (Å²) in [4.78, 5) is 30.9. The van der Waals surface area contributed by atoms with Crippen molar-refractivity contribution in [3.63, 3.8) is 0 Å². The van der Waals surface area contributed by atoms with Crippen LogP contribution < -0.4 is 0 Å². The molecule has 0 saturated carbocycles. The summed E-state index contributed by atoms with van der Waals surface area (Å²) in [6.45, 7) is 0. The Morgan fingerprint density at radius 3 is 1.15 bits per heavy atom. The molecule has 0 aliphatic carbocycles. The molecule has 8 nitrogen and oxygen atoms in total. The van der Waals surface area contributed by atoms with Crippen LogP contribution in [0, 0.1) is 0 Å². The van der Waals surface area contributed by atoms with E-state index < -0.39 is 0 Å². The van der Waals surface area contributed by atoms with Gasteiger partial charge in [-0.15, -0.1) is 0 Å². The highest BCUT2D eigenvalue weighted by molar-refractivity contribution is 6.29. The fourth-order valence-corrected chi connectivity index (χ4v) is 10.4. The van der Waals surface area contributed by atoms with Gasteiger partial charge < -0.3 is 8.98 Å². The SMILES string of the molecule is c1ccc(-c2nc(-c3ccccc3)nc(-c3ccccc3-c3cccc4c3oc3c(-c5ccccc5-c5nc(-c6ccccc6)nc(-c6ccccc6)n5)cc5c6ccccc6n(-c6ccccc6)c5c34)n2)cc1. The Morgan fingerprint density at radius 2 is 0.649 bits per heavy atom. The number of para-hydroxylation sites is 3. The predicted octanol–water partition coefficient (Wildman–Crippen LogP) is 16.4. The largest absolute Gasteiger partial charge is 0.455 e. The zero-order chi connectivity index (χ0) is 49.0. The topological polar surface area (TPSA) is 95.4 Å². The number of aromatic nitrogens is 7. The van der Waals surface area contributed by atoms with E-state index in [-0.39, 0.29) is 0 Å². The van der Waals surface area contributed by atoms with Gasteiger partial charge in [0.15, 0.2) is 34.9 Å². The summed E-state index contributed by atoms with van der Waals surface area (Å²) in [5.41, 5.74) is 13.6. The molecule has 8 heteroatoms. The third-order valence-corrected chi connectivity index (χ3v) is 13.7. The van der Waals surface area contributed by atoms with E-state index in [1.54, 1.807) is 0 Å². The monoisotopic (exact) mass is 947 g/mol. The molecule has 14 aromatic rings. The first-order chi connectivity index (χ1) is 36.7. The summed E-state index contributed by atoms with van der Waals surface area (Å²) in [7, 11) is 0. The second-order valence-electron chi connectivity index (χ2n) is 18.2. The van der Waals surface area contributed by atoms with E-state index in [0.29, 0.717) is 34.9 Å². The number of rotatable bonds is 9. The van der Waals surface area contributed by atoms with Crippen LogP contribution in [0.1, 0.15) is 0 Å². The molecule has 0 N–H and O–H groups in total. The Morgan fingerprint density at radius 1 is 0.270 bits per heavy atom. The number of nitrogens with zero attached hydrogens (tertiary/aromatic N) is 7. The summed E-state index contributed by atoms with van der Waals surface area (Å²) < 4.78 is 9.93. The summed E-state index contributed by atoms with van der Waals surface area (Å²) in [5, 5.41) is 4.18. The van der Waals surface area contributed by atoms with Crippen molar-refractivity contribution in [1.29, 1.82) is 0 Å². The third-order valence-electron chi connectivity index (χ3n) is 13.7. The molecule has 4 heterocycles. The maximum Gasteiger partial charge on any atom is 0.164 e. The molecule has 14 rings (SSSR count). The normalized spacial score (nSPS) is 11.5. The van der Waals surface area contributed by atoms with Gasteiger partial charge in [-0.2, -0.15) is 0 Å². The van der Waals surface area contributed by atoms with Crippen LogP contribution in [0.2, 0.25) is 0 Å². The van der Waals surface area contributed by atoms with Gasteiger partial charge in [0.05, 0.1) is 16.4 Å². The molecule has 10 aromatic carbocycles. The quantitative estimate of drug-likeness (QED) is 0.142. The van der Waals surface area contributed by atoms with Crippen LogP contribution >= 0.6 is 0 Å². The molecular weight excluding hydrogens is 907 g/mol. The first-order valence-corrected chi connectivity index (χ1v) is 24.6. The standard InChI is InChI=1S/C66H41N7O/c1-6-23-42(24-7-1)61-67-62(43-25-8-2-9-26-43)70-65(69-61)51-36-18-16-33-47(51)50-38-22-39-53-57-58-54(49-35-20-21-40-56(49)73(58)46-31-14-5-15-32-46)41-55(60(57)74-59(50)53)48-34-17-19-37-52(48)66-71-63(44-27-10-3-11-28-44)68-64(72-66)45-29-12-4-13-30-45/h1-41H. The number of hydrogen-bond acceptors (Lipinski definition) is 7. The minimum atomic E-state index is 0.557. The highest BCUT2D eigenvalue weighted by atomic mass is 16.3. The van der Waals surface area contributed by atoms with Gasteiger partial charge in [-0.25, -0.2) is 29.9 Å². The first-order valence-electron chi connectivity index (χ1n) is 24.6. The molecule has 0 saturated heterocycles. The van der Waals surface area contributed by atoms with Crippen molar-refractivity contribution in [2.24, 2.45) is 0 Å². The van der Waals surface area contributed by atoms with E-state index >= 15 is 0 Å². The Hall–Kier alpha value is -10.2. The third kappa shape index (κ3) is 7.31. The Balaban J connectivity index is 1.06. The zero-order valence-electron chi connectivity index (χ0n) is 39.7. The molecule has 0 aliphatic rings. The maximum absolute atomic E-state index is 7.55. The molecule has 0 spiro atoms. The predicted molar refractivity (Wildman–Crippen MR) is 298 cm³/mol. The molecule has 0 fully saturated rings. The zero-order valence-corrected chi connectivity index (χ0v) is 39.7. The van der Waals surface area contributed by atoms with Gasteiger partial charge in [0.2, 0.25) is 0 Å². The van der Waals surface area contributed by atoms with Crippen LogP contribution in [-0.4, -0.2) is 34.5 Å². The van der Waals surface area contributed by atoms with Crippen LogP contribution in [0.5, 0.6) is 0 Å². The summed E-state index contributed by atoms with van der Waals surface area (Å²) in [6.07, 6.45) is 0. The highest BCUT2D eigenvalue weighted by Crippen LogP contribution is 2.49. The fourth-order valence-electron chi connectivity index (χ4n) is 10.4. The minimum Gasteiger partial charge on any atom is -0.455 e. The van der Waals surface area contributed by atoms with Crippen molar-refractivity contribution in [1.82, 2.24) is 34.5 Å². The first kappa shape index (κ1) is 42.7. The fraction of sp³-hybridized carbons (Fsp3) is 0. The average Bonchev–Trinajstić information content (AvgIpc) is 4.10. The number of hydrogen-bond donors (Lipinski definition) is 0. The summed E-state index contributed by atoms with van der Waals surface area (Å²) in [6, 6.07) is 85.0. The summed E-state index contributed by atoms with van der Waals surface area (Å²) in [5.74, 6) is 3.48. The van der Waals surface area contributed by atoms with E-state index in [1.165, 1.54) is 0 Å². The number of furan rings is 1. The smallest absolute Gasteiger partial charge is 0.164 e. The van der Waals surface area contributed by atoms with Crippen LogP contribution in [0.3, 0.4) is 0 Å². The minimum absolute atomic E-state index is 0.557. The Bertz CT molecular complexity index is 4290. The van der Waals surface area contributed by atoms with Gasteiger partial charge in [0.1, 0.15) is 11.2 Å². The van der Waals surface area contributed by atoms with Gasteiger partial charge in [-0.3, -0.25) is 0 Å². The van der Waals surface area contributed by atoms with Crippen LogP contribution in [0.25, 0.3) is 140 Å². The van der Waals surface area contributed by atoms with E-state index in [1.807, 2.05) is 133 Å². The van der Waals surface area contributed by atoms with Crippen molar-refractivity contribution in [3.05, 3.63) is 249 Å². The molecule has 0 atom stereocenters. The number of benzene rings is 10. The number of fused-ring (bicyclic) bond motifs is 7. The lowest BCUT2D eigenvalue weighted by atomic mass is 9.94. The van der Waals surface area contributed by atoms with Gasteiger partial charge >= 0.3 is 0 Å². The molecule has 4 aromatic heterocycles. The Kier molecular flexibility index (Phi) is 10.3. The van der Waals surface area contributed by atoms with Crippen LogP contribution in [-0.2, 0) is 0 Å². The van der Waals surface area contributed by atoms with Crippen molar-refractivity contribution in [2.45, 2.75) is 0 Å². The van der Waals surface area contributed by atoms with Gasteiger partial charge in [-0.05, 0) is 35.4 Å².